The topological polar surface area (TPSA) is 81.5 Å². The summed E-state index contributed by atoms with van der Waals surface area (Å²) in [7, 11) is 0. The Kier molecular flexibility index (Phi) is 4.86. The van der Waals surface area contributed by atoms with Crippen LogP contribution in [0.15, 0.2) is 29.1 Å². The molecule has 162 valence electrons. The second-order valence-corrected chi connectivity index (χ2v) is 10.2. The summed E-state index contributed by atoms with van der Waals surface area (Å²) in [5, 5.41) is 5.48. The van der Waals surface area contributed by atoms with Crippen LogP contribution in [-0.4, -0.2) is 31.8 Å². The second kappa shape index (κ2) is 7.46. The van der Waals surface area contributed by atoms with Crippen LogP contribution in [0, 0.1) is 5.92 Å². The van der Waals surface area contributed by atoms with Crippen molar-refractivity contribution in [2.24, 2.45) is 5.92 Å². The highest BCUT2D eigenvalue weighted by Crippen LogP contribution is 2.39. The Morgan fingerprint density at radius 2 is 2.06 bits per heavy atom. The molecule has 8 heteroatoms. The largest absolute Gasteiger partial charge is 0.494 e. The van der Waals surface area contributed by atoms with E-state index >= 15 is 0 Å². The van der Waals surface area contributed by atoms with Crippen molar-refractivity contribution >= 4 is 27.2 Å². The zero-order chi connectivity index (χ0) is 21.8. The Balaban J connectivity index is 1.54. The molecule has 1 aromatic carbocycles. The van der Waals surface area contributed by atoms with E-state index in [2.05, 4.69) is 37.8 Å². The summed E-state index contributed by atoms with van der Waals surface area (Å²) in [6.45, 7) is 9.78. The maximum atomic E-state index is 12.7. The predicted octanol–water partition coefficient (Wildman–Crippen LogP) is 4.58. The molecule has 0 atom stereocenters. The molecule has 0 saturated carbocycles. The van der Waals surface area contributed by atoms with Crippen molar-refractivity contribution in [1.82, 2.24) is 19.6 Å². The monoisotopic (exact) mass is 438 g/mol. The number of nitrogens with zero attached hydrogens (tertiary/aromatic N) is 3. The smallest absolute Gasteiger partial charge is 0.349 e. The molecule has 4 aromatic rings. The number of thiophene rings is 1. The van der Waals surface area contributed by atoms with Crippen molar-refractivity contribution in [1.29, 1.82) is 0 Å². The van der Waals surface area contributed by atoms with Gasteiger partial charge in [0.25, 0.3) is 0 Å². The lowest BCUT2D eigenvalue weighted by Crippen LogP contribution is -2.31. The Labute approximate surface area is 184 Å². The molecule has 31 heavy (non-hydrogen) atoms. The van der Waals surface area contributed by atoms with Crippen LogP contribution in [0.5, 0.6) is 5.75 Å². The summed E-state index contributed by atoms with van der Waals surface area (Å²) < 4.78 is 13.1. The van der Waals surface area contributed by atoms with Gasteiger partial charge in [0.2, 0.25) is 0 Å². The van der Waals surface area contributed by atoms with Gasteiger partial charge in [-0.05, 0) is 56.0 Å². The van der Waals surface area contributed by atoms with Crippen LogP contribution in [0.4, 0.5) is 0 Å². The first-order chi connectivity index (χ1) is 14.8. The van der Waals surface area contributed by atoms with Gasteiger partial charge in [-0.2, -0.15) is 4.52 Å². The fourth-order valence-corrected chi connectivity index (χ4v) is 5.00. The Bertz CT molecular complexity index is 1310. The van der Waals surface area contributed by atoms with Gasteiger partial charge in [0.15, 0.2) is 11.5 Å². The van der Waals surface area contributed by atoms with Gasteiger partial charge in [0, 0.05) is 16.9 Å². The molecule has 1 aliphatic heterocycles. The first kappa shape index (κ1) is 20.2. The van der Waals surface area contributed by atoms with Gasteiger partial charge in [-0.15, -0.1) is 16.4 Å². The number of nitrogens with one attached hydrogen (secondary N) is 1. The van der Waals surface area contributed by atoms with E-state index in [-0.39, 0.29) is 11.3 Å². The van der Waals surface area contributed by atoms with Crippen molar-refractivity contribution in [3.63, 3.8) is 0 Å². The van der Waals surface area contributed by atoms with Crippen molar-refractivity contribution < 1.29 is 9.47 Å². The molecule has 0 fully saturated rings. The van der Waals surface area contributed by atoms with Gasteiger partial charge >= 0.3 is 5.69 Å². The predicted molar refractivity (Wildman–Crippen MR) is 122 cm³/mol. The summed E-state index contributed by atoms with van der Waals surface area (Å²) in [6.07, 6.45) is 1.79. The van der Waals surface area contributed by atoms with Crippen LogP contribution in [0.25, 0.3) is 27.3 Å². The lowest BCUT2D eigenvalue weighted by Gasteiger charge is -2.30. The molecule has 0 unspecified atom stereocenters. The van der Waals surface area contributed by atoms with E-state index < -0.39 is 0 Å². The van der Waals surface area contributed by atoms with E-state index in [1.54, 1.807) is 11.3 Å². The summed E-state index contributed by atoms with van der Waals surface area (Å²) in [4.78, 5) is 22.4. The van der Waals surface area contributed by atoms with E-state index in [1.807, 2.05) is 24.3 Å². The van der Waals surface area contributed by atoms with Gasteiger partial charge < -0.3 is 9.47 Å². The van der Waals surface area contributed by atoms with E-state index in [0.29, 0.717) is 30.6 Å². The van der Waals surface area contributed by atoms with E-state index in [1.165, 1.54) is 10.1 Å². The summed E-state index contributed by atoms with van der Waals surface area (Å²) in [6, 6.07) is 7.72. The zero-order valence-electron chi connectivity index (χ0n) is 18.2. The highest BCUT2D eigenvalue weighted by Gasteiger charge is 2.31. The van der Waals surface area contributed by atoms with Gasteiger partial charge in [-0.3, -0.25) is 4.98 Å². The molecule has 0 bridgehead atoms. The Morgan fingerprint density at radius 3 is 2.81 bits per heavy atom. The third kappa shape index (κ3) is 3.74. The maximum Gasteiger partial charge on any atom is 0.349 e. The van der Waals surface area contributed by atoms with Crippen LogP contribution in [0.1, 0.15) is 44.6 Å². The Morgan fingerprint density at radius 1 is 1.29 bits per heavy atom. The second-order valence-electron chi connectivity index (χ2n) is 9.09. The molecular weight excluding hydrogens is 412 g/mol. The summed E-state index contributed by atoms with van der Waals surface area (Å²) in [5.74, 6) is 1.96. The third-order valence-electron chi connectivity index (χ3n) is 5.61. The van der Waals surface area contributed by atoms with E-state index in [0.717, 1.165) is 39.2 Å². The molecule has 0 aliphatic carbocycles. The highest BCUT2D eigenvalue weighted by molar-refractivity contribution is 7.19. The van der Waals surface area contributed by atoms with Crippen molar-refractivity contribution in [2.45, 2.75) is 52.7 Å². The minimum absolute atomic E-state index is 0.248. The highest BCUT2D eigenvalue weighted by atomic mass is 32.1. The number of hydrogen-bond donors (Lipinski definition) is 1. The van der Waals surface area contributed by atoms with Crippen LogP contribution >= 0.6 is 11.3 Å². The molecule has 1 N–H and O–H groups in total. The normalized spacial score (nSPS) is 15.6. The van der Waals surface area contributed by atoms with Crippen molar-refractivity contribution in [2.75, 3.05) is 6.61 Å². The molecule has 5 rings (SSSR count). The lowest BCUT2D eigenvalue weighted by molar-refractivity contribution is -0.0379. The maximum absolute atomic E-state index is 12.7. The third-order valence-corrected chi connectivity index (χ3v) is 6.73. The van der Waals surface area contributed by atoms with E-state index in [4.69, 9.17) is 14.5 Å². The number of benzene rings is 1. The fraction of sp³-hybridized carbons (Fsp3) is 0.435. The average molecular weight is 439 g/mol. The molecule has 3 aromatic heterocycles. The molecular formula is C23H26N4O3S. The van der Waals surface area contributed by atoms with Crippen LogP contribution in [0.2, 0.25) is 0 Å². The molecule has 7 nitrogen and oxygen atoms in total. The Hall–Kier alpha value is -2.71. The van der Waals surface area contributed by atoms with Crippen LogP contribution < -0.4 is 10.4 Å². The quantitative estimate of drug-likeness (QED) is 0.493. The minimum atomic E-state index is -0.284. The van der Waals surface area contributed by atoms with Gasteiger partial charge in [-0.25, -0.2) is 9.78 Å². The number of rotatable bonds is 5. The lowest BCUT2D eigenvalue weighted by atomic mass is 9.94. The number of aromatic amines is 1. The summed E-state index contributed by atoms with van der Waals surface area (Å²) >= 11 is 1.57. The van der Waals surface area contributed by atoms with Gasteiger partial charge in [0.1, 0.15) is 10.6 Å². The number of hydrogen-bond acceptors (Lipinski definition) is 6. The van der Waals surface area contributed by atoms with Crippen molar-refractivity contribution in [3.8, 4) is 17.1 Å². The number of H-pyrrole nitrogens is 1. The first-order valence-electron chi connectivity index (χ1n) is 10.6. The molecule has 1 aliphatic rings. The standard InChI is InChI=1S/C23H26N4O3S/c1-13(2)9-10-29-15-7-5-14(6-8-15)19-24-20-18-16-11-23(3,4)30-12-17(16)31-21(18)25-22(28)27(20)26-19/h5-8,13H,9-12H2,1-4H3,(H,25,28). The number of fused-ring (bicyclic) bond motifs is 5. The zero-order valence-corrected chi connectivity index (χ0v) is 19.0. The molecule has 4 heterocycles. The molecule has 0 radical (unpaired) electrons. The minimum Gasteiger partial charge on any atom is -0.494 e. The molecule has 0 saturated heterocycles. The number of ether oxygens (including phenoxy) is 2. The molecule has 0 amide bonds. The van der Waals surface area contributed by atoms with Gasteiger partial charge in [-0.1, -0.05) is 13.8 Å². The SMILES string of the molecule is CC(C)CCOc1ccc(-c2nc3c4c5c(sc4[nH]c(=O)n3n2)COC(C)(C)C5)cc1. The van der Waals surface area contributed by atoms with Crippen LogP contribution in [0.3, 0.4) is 0 Å². The fourth-order valence-electron chi connectivity index (χ4n) is 3.88. The van der Waals surface area contributed by atoms with Crippen LogP contribution in [-0.2, 0) is 17.8 Å². The first-order valence-corrected chi connectivity index (χ1v) is 11.4. The average Bonchev–Trinajstić information content (AvgIpc) is 3.29. The van der Waals surface area contributed by atoms with Gasteiger partial charge in [0.05, 0.1) is 24.2 Å². The summed E-state index contributed by atoms with van der Waals surface area (Å²) in [5.41, 5.74) is 2.11. The number of aromatic nitrogens is 4. The molecule has 0 spiro atoms. The van der Waals surface area contributed by atoms with E-state index in [9.17, 15) is 4.79 Å². The van der Waals surface area contributed by atoms with Crippen molar-refractivity contribution in [3.05, 3.63) is 45.2 Å².